The maximum absolute atomic E-state index is 13.8. The molecular formula is C39H58O13. The number of hydrogen-bond donors (Lipinski definition) is 4. The minimum Gasteiger partial charge on any atom is -0.394 e. The number of fused-ring (bicyclic) bond motifs is 7. The van der Waals surface area contributed by atoms with Gasteiger partial charge in [-0.2, -0.15) is 0 Å². The first-order valence-corrected chi connectivity index (χ1v) is 19.7. The second-order valence-corrected chi connectivity index (χ2v) is 16.8. The second-order valence-electron chi connectivity index (χ2n) is 16.8. The molecule has 0 spiro atoms. The van der Waals surface area contributed by atoms with Gasteiger partial charge in [0, 0.05) is 44.9 Å². The molecule has 7 aliphatic heterocycles. The van der Waals surface area contributed by atoms with Gasteiger partial charge in [-0.1, -0.05) is 20.4 Å². The van der Waals surface area contributed by atoms with Crippen LogP contribution in [0.5, 0.6) is 0 Å². The molecule has 0 amide bonds. The van der Waals surface area contributed by atoms with Gasteiger partial charge in [-0.25, -0.2) is 0 Å². The van der Waals surface area contributed by atoms with E-state index in [1.54, 1.807) is 0 Å². The Morgan fingerprint density at radius 2 is 1.40 bits per heavy atom. The molecule has 0 aromatic heterocycles. The molecule has 0 saturated carbocycles. The van der Waals surface area contributed by atoms with E-state index < -0.39 is 61.0 Å². The first kappa shape index (κ1) is 38.6. The lowest BCUT2D eigenvalue weighted by atomic mass is 9.79. The number of Topliss-reactive ketones (excluding diaryl/α,β-unsaturated/α-hetero) is 3. The standard InChI is InChI=1S/C39H58O13/c1-18-10-24-6-8-29-28(44)15-26(47-29)5-4-21(41)13-34-35(45)38-39(52-34)36(46)37-30(51-38)9-7-25(49-37)11-22(42)12-27-20(3)31(14-23(43)17-40)50-33(27)16-32(48-24)19(18)2/h18,20,23-27,29-40,43,45-46H,2,4-17H2,1,3H3/t18-,20-,23+,24+,25?,26+,27-,29?,30+,31-,32?,33+,34-,35+,36+,37+,38+,39+/m1/s1. The first-order chi connectivity index (χ1) is 24.9. The predicted molar refractivity (Wildman–Crippen MR) is 183 cm³/mol. The van der Waals surface area contributed by atoms with E-state index in [0.29, 0.717) is 38.5 Å². The van der Waals surface area contributed by atoms with E-state index in [9.17, 15) is 34.8 Å². The van der Waals surface area contributed by atoms with Crippen molar-refractivity contribution in [2.75, 3.05) is 6.61 Å². The Hall–Kier alpha value is -1.65. The number of carbonyl (C=O) groups excluding carboxylic acids is 3. The zero-order chi connectivity index (χ0) is 36.8. The minimum absolute atomic E-state index is 0.00663. The van der Waals surface area contributed by atoms with E-state index in [0.717, 1.165) is 12.0 Å². The summed E-state index contributed by atoms with van der Waals surface area (Å²) in [5.41, 5.74) is 0.970. The average molecular weight is 735 g/mol. The lowest BCUT2D eigenvalue weighted by molar-refractivity contribution is -0.259. The van der Waals surface area contributed by atoms with Gasteiger partial charge in [0.1, 0.15) is 48.2 Å². The zero-order valence-corrected chi connectivity index (χ0v) is 30.5. The Morgan fingerprint density at radius 3 is 2.19 bits per heavy atom. The molecule has 13 heteroatoms. The van der Waals surface area contributed by atoms with Crippen LogP contribution in [0.25, 0.3) is 0 Å². The van der Waals surface area contributed by atoms with Crippen molar-refractivity contribution in [3.8, 4) is 0 Å². The maximum Gasteiger partial charge on any atom is 0.164 e. The molecule has 7 saturated heterocycles. The number of aliphatic hydroxyl groups is 4. The van der Waals surface area contributed by atoms with Gasteiger partial charge in [0.05, 0.1) is 61.5 Å². The third kappa shape index (κ3) is 8.15. The molecule has 52 heavy (non-hydrogen) atoms. The van der Waals surface area contributed by atoms with Crippen molar-refractivity contribution in [3.05, 3.63) is 12.2 Å². The lowest BCUT2D eigenvalue weighted by Gasteiger charge is -2.46. The van der Waals surface area contributed by atoms with Crippen LogP contribution in [0, 0.1) is 17.8 Å². The smallest absolute Gasteiger partial charge is 0.164 e. The summed E-state index contributed by atoms with van der Waals surface area (Å²) < 4.78 is 38.0. The van der Waals surface area contributed by atoms with Gasteiger partial charge in [-0.05, 0) is 61.9 Å². The zero-order valence-electron chi connectivity index (χ0n) is 30.5. The van der Waals surface area contributed by atoms with Crippen molar-refractivity contribution in [3.63, 3.8) is 0 Å². The van der Waals surface area contributed by atoms with Crippen molar-refractivity contribution in [2.24, 2.45) is 17.8 Å². The maximum atomic E-state index is 13.8. The Kier molecular flexibility index (Phi) is 12.0. The predicted octanol–water partition coefficient (Wildman–Crippen LogP) is 1.90. The summed E-state index contributed by atoms with van der Waals surface area (Å²) in [5, 5.41) is 42.4. The van der Waals surface area contributed by atoms with Gasteiger partial charge in [-0.15, -0.1) is 0 Å². The molecule has 8 bridgehead atoms. The summed E-state index contributed by atoms with van der Waals surface area (Å²) in [6.45, 7) is 8.16. The summed E-state index contributed by atoms with van der Waals surface area (Å²) in [7, 11) is 0. The molecular weight excluding hydrogens is 676 g/mol. The highest BCUT2D eigenvalue weighted by Gasteiger charge is 2.57. The van der Waals surface area contributed by atoms with Crippen LogP contribution in [-0.4, -0.2) is 136 Å². The fourth-order valence-electron chi connectivity index (χ4n) is 10.0. The van der Waals surface area contributed by atoms with Gasteiger partial charge < -0.3 is 48.8 Å². The number of rotatable bonds is 3. The molecule has 3 unspecified atom stereocenters. The molecule has 0 aromatic carbocycles. The highest BCUT2D eigenvalue weighted by Crippen LogP contribution is 2.44. The Bertz CT molecular complexity index is 1320. The van der Waals surface area contributed by atoms with Gasteiger partial charge >= 0.3 is 0 Å². The van der Waals surface area contributed by atoms with Gasteiger partial charge in [0.25, 0.3) is 0 Å². The molecule has 7 rings (SSSR count). The van der Waals surface area contributed by atoms with Crippen LogP contribution >= 0.6 is 0 Å². The van der Waals surface area contributed by atoms with Crippen LogP contribution in [0.2, 0.25) is 0 Å². The topological polar surface area (TPSA) is 188 Å². The minimum atomic E-state index is -1.11. The molecule has 7 fully saturated rings. The first-order valence-electron chi connectivity index (χ1n) is 19.7. The number of carbonyl (C=O) groups is 3. The molecule has 0 radical (unpaired) electrons. The summed E-state index contributed by atoms with van der Waals surface area (Å²) in [6, 6.07) is 0. The summed E-state index contributed by atoms with van der Waals surface area (Å²) in [4.78, 5) is 39.8. The normalized spacial score (nSPS) is 48.4. The van der Waals surface area contributed by atoms with E-state index >= 15 is 0 Å². The second kappa shape index (κ2) is 16.2. The van der Waals surface area contributed by atoms with Crippen molar-refractivity contribution < 1.29 is 63.2 Å². The van der Waals surface area contributed by atoms with Crippen molar-refractivity contribution >= 4 is 17.3 Å². The van der Waals surface area contributed by atoms with E-state index in [1.807, 2.05) is 6.92 Å². The lowest BCUT2D eigenvalue weighted by Crippen LogP contribution is -2.61. The number of hydrogen-bond acceptors (Lipinski definition) is 13. The van der Waals surface area contributed by atoms with E-state index in [-0.39, 0.29) is 111 Å². The van der Waals surface area contributed by atoms with Crippen LogP contribution in [0.4, 0.5) is 0 Å². The number of ether oxygens (including phenoxy) is 6. The molecule has 0 aliphatic carbocycles. The van der Waals surface area contributed by atoms with Crippen LogP contribution in [0.15, 0.2) is 12.2 Å². The molecule has 4 N–H and O–H groups in total. The van der Waals surface area contributed by atoms with Crippen molar-refractivity contribution in [2.45, 2.75) is 189 Å². The van der Waals surface area contributed by atoms with Crippen LogP contribution in [0.1, 0.15) is 97.3 Å². The van der Waals surface area contributed by atoms with E-state index in [4.69, 9.17) is 28.4 Å². The average Bonchev–Trinajstić information content (AvgIpc) is 3.73. The Labute approximate surface area is 305 Å². The SMILES string of the molecule is C=C1C2C[C@@H]3O[C@H](C[C@H](O)CO)[C@H](C)[C@H]3CC(=O)CC3CC[C@@H]4O[C@H]5[C@@H](O)[C@@H](CC(=O)CC[C@H]6CC(=O)C(CC[C@@H](C[C@H]1C)O2)O6)O[C@H]5[C@@H](O)[C@H]4O3. The Morgan fingerprint density at radius 1 is 0.692 bits per heavy atom. The summed E-state index contributed by atoms with van der Waals surface area (Å²) >= 11 is 0. The van der Waals surface area contributed by atoms with Gasteiger partial charge in [0.15, 0.2) is 5.78 Å². The van der Waals surface area contributed by atoms with Crippen molar-refractivity contribution in [1.82, 2.24) is 0 Å². The number of ketones is 3. The Balaban J connectivity index is 1.10. The third-order valence-electron chi connectivity index (χ3n) is 13.1. The highest BCUT2D eigenvalue weighted by molar-refractivity contribution is 5.85. The monoisotopic (exact) mass is 734 g/mol. The van der Waals surface area contributed by atoms with Gasteiger partial charge in [0.2, 0.25) is 0 Å². The molecule has 7 aliphatic rings. The third-order valence-corrected chi connectivity index (χ3v) is 13.1. The fraction of sp³-hybridized carbons (Fsp3) is 0.872. The van der Waals surface area contributed by atoms with Crippen LogP contribution in [-0.2, 0) is 42.8 Å². The van der Waals surface area contributed by atoms with Crippen LogP contribution in [0.3, 0.4) is 0 Å². The molecule has 0 aromatic rings. The van der Waals surface area contributed by atoms with E-state index in [1.165, 1.54) is 0 Å². The van der Waals surface area contributed by atoms with Crippen molar-refractivity contribution in [1.29, 1.82) is 0 Å². The summed E-state index contributed by atoms with van der Waals surface area (Å²) in [5.74, 6) is -0.155. The largest absolute Gasteiger partial charge is 0.394 e. The molecule has 292 valence electrons. The van der Waals surface area contributed by atoms with E-state index in [2.05, 4.69) is 13.5 Å². The number of aliphatic hydroxyl groups excluding tert-OH is 4. The molecule has 18 atom stereocenters. The highest BCUT2D eigenvalue weighted by atomic mass is 16.6. The fourth-order valence-corrected chi connectivity index (χ4v) is 10.0. The molecule has 13 nitrogen and oxygen atoms in total. The summed E-state index contributed by atoms with van der Waals surface area (Å²) in [6.07, 6.45) is -4.48. The van der Waals surface area contributed by atoms with Crippen LogP contribution < -0.4 is 0 Å². The van der Waals surface area contributed by atoms with Gasteiger partial charge in [-0.3, -0.25) is 14.4 Å². The molecule has 7 heterocycles. The quantitative estimate of drug-likeness (QED) is 0.309.